The van der Waals surface area contributed by atoms with E-state index < -0.39 is 28.0 Å². The molecule has 0 aliphatic carbocycles. The first-order chi connectivity index (χ1) is 15.8. The molecule has 15 heteroatoms. The zero-order valence-electron chi connectivity index (χ0n) is 17.1. The van der Waals surface area contributed by atoms with Gasteiger partial charge in [-0.05, 0) is 43.4 Å². The van der Waals surface area contributed by atoms with E-state index in [1.165, 1.54) is 37.6 Å². The number of carboxylic acid groups (broad SMARTS) is 1. The summed E-state index contributed by atoms with van der Waals surface area (Å²) < 4.78 is 71.3. The molecule has 0 saturated heterocycles. The molecule has 0 aliphatic heterocycles. The molecule has 4 N–H and O–H groups in total. The molecule has 0 spiro atoms. The van der Waals surface area contributed by atoms with Crippen LogP contribution in [0.1, 0.15) is 0 Å². The summed E-state index contributed by atoms with van der Waals surface area (Å²) in [7, 11) is -2.21. The first-order valence-corrected chi connectivity index (χ1v) is 10.8. The molecule has 3 rings (SSSR count). The van der Waals surface area contributed by atoms with Crippen LogP contribution in [0.2, 0.25) is 5.02 Å². The van der Waals surface area contributed by atoms with Gasteiger partial charge in [0, 0.05) is 17.4 Å². The Balaban J connectivity index is 0.000000509. The molecular formula is C19H16ClF4N5O4S. The largest absolute Gasteiger partial charge is 0.490 e. The van der Waals surface area contributed by atoms with Crippen LogP contribution in [0.4, 0.5) is 40.6 Å². The van der Waals surface area contributed by atoms with E-state index >= 15 is 0 Å². The van der Waals surface area contributed by atoms with Crippen LogP contribution in [0, 0.1) is 5.82 Å². The number of carboxylic acids is 1. The van der Waals surface area contributed by atoms with Gasteiger partial charge in [0.1, 0.15) is 23.8 Å². The minimum Gasteiger partial charge on any atom is -0.475 e. The van der Waals surface area contributed by atoms with Crippen molar-refractivity contribution < 1.29 is 35.9 Å². The fraction of sp³-hybridized carbons (Fsp3) is 0.105. The second-order valence-electron chi connectivity index (χ2n) is 6.21. The quantitative estimate of drug-likeness (QED) is 0.353. The maximum absolute atomic E-state index is 13.5. The van der Waals surface area contributed by atoms with E-state index in [-0.39, 0.29) is 9.92 Å². The van der Waals surface area contributed by atoms with Crippen LogP contribution in [0.5, 0.6) is 0 Å². The Bertz CT molecular complexity index is 1280. The van der Waals surface area contributed by atoms with Gasteiger partial charge < -0.3 is 15.7 Å². The summed E-state index contributed by atoms with van der Waals surface area (Å²) >= 11 is 5.67. The number of carbonyl (C=O) groups is 1. The molecule has 1 heterocycles. The number of aliphatic carboxylic acids is 1. The zero-order valence-corrected chi connectivity index (χ0v) is 18.6. The molecule has 34 heavy (non-hydrogen) atoms. The van der Waals surface area contributed by atoms with Crippen molar-refractivity contribution >= 4 is 50.6 Å². The van der Waals surface area contributed by atoms with E-state index in [4.69, 9.17) is 21.5 Å². The Hall–Kier alpha value is -3.49. The molecule has 0 unspecified atom stereocenters. The van der Waals surface area contributed by atoms with Crippen molar-refractivity contribution in [1.82, 2.24) is 14.7 Å². The lowest BCUT2D eigenvalue weighted by Gasteiger charge is -2.10. The number of benzene rings is 2. The lowest BCUT2D eigenvalue weighted by molar-refractivity contribution is -0.192. The van der Waals surface area contributed by atoms with Gasteiger partial charge in [0.05, 0.1) is 9.92 Å². The van der Waals surface area contributed by atoms with Crippen LogP contribution < -0.4 is 15.4 Å². The molecule has 0 atom stereocenters. The molecule has 2 aromatic carbocycles. The first-order valence-electron chi connectivity index (χ1n) is 8.96. The molecule has 0 bridgehead atoms. The summed E-state index contributed by atoms with van der Waals surface area (Å²) in [6.07, 6.45) is -3.76. The standard InChI is InChI=1S/C17H15ClFN5O2S.C2HF3O2/c1-20-27(25,26)13-4-2-3-11(7-13)23-16-9-17(22-10-21-16)24-12-5-6-14(18)15(19)8-12;3-2(4,5)1(6)7/h2-10,20H,1H3,(H2,21,22,23,24);(H,6,7). The van der Waals surface area contributed by atoms with Crippen LogP contribution in [-0.4, -0.2) is 42.7 Å². The average molecular weight is 522 g/mol. The Kier molecular flexibility index (Phi) is 8.73. The summed E-state index contributed by atoms with van der Waals surface area (Å²) in [4.78, 5) is 17.2. The van der Waals surface area contributed by atoms with Crippen LogP contribution in [0.15, 0.2) is 59.8 Å². The number of hydrogen-bond acceptors (Lipinski definition) is 7. The van der Waals surface area contributed by atoms with Gasteiger partial charge in [-0.3, -0.25) is 0 Å². The van der Waals surface area contributed by atoms with Crippen molar-refractivity contribution in [3.8, 4) is 0 Å². The van der Waals surface area contributed by atoms with Crippen LogP contribution in [0.3, 0.4) is 0 Å². The number of halogens is 5. The maximum Gasteiger partial charge on any atom is 0.490 e. The van der Waals surface area contributed by atoms with Crippen molar-refractivity contribution in [2.75, 3.05) is 17.7 Å². The lowest BCUT2D eigenvalue weighted by atomic mass is 10.3. The molecule has 1 aromatic heterocycles. The molecule has 0 fully saturated rings. The van der Waals surface area contributed by atoms with Crippen LogP contribution in [0.25, 0.3) is 0 Å². The third kappa shape index (κ3) is 7.83. The van der Waals surface area contributed by atoms with Crippen LogP contribution in [-0.2, 0) is 14.8 Å². The Labute approximate surface area is 195 Å². The summed E-state index contributed by atoms with van der Waals surface area (Å²) in [6.45, 7) is 0. The number of nitrogens with zero attached hydrogens (tertiary/aromatic N) is 2. The number of aromatic nitrogens is 2. The number of nitrogens with one attached hydrogen (secondary N) is 3. The van der Waals surface area contributed by atoms with Crippen molar-refractivity contribution in [3.63, 3.8) is 0 Å². The zero-order chi connectivity index (χ0) is 25.5. The van der Waals surface area contributed by atoms with E-state index in [2.05, 4.69) is 25.3 Å². The molecular weight excluding hydrogens is 506 g/mol. The molecule has 0 aliphatic rings. The van der Waals surface area contributed by atoms with Gasteiger partial charge in [-0.25, -0.2) is 32.3 Å². The second-order valence-corrected chi connectivity index (χ2v) is 8.50. The molecule has 182 valence electrons. The van der Waals surface area contributed by atoms with E-state index in [1.807, 2.05) is 0 Å². The fourth-order valence-electron chi connectivity index (χ4n) is 2.22. The Morgan fingerprint density at radius 1 is 1.00 bits per heavy atom. The average Bonchev–Trinajstić information content (AvgIpc) is 2.76. The highest BCUT2D eigenvalue weighted by atomic mass is 35.5. The van der Waals surface area contributed by atoms with Crippen LogP contribution >= 0.6 is 11.6 Å². The van der Waals surface area contributed by atoms with Gasteiger partial charge in [0.2, 0.25) is 10.0 Å². The summed E-state index contributed by atoms with van der Waals surface area (Å²) in [5.41, 5.74) is 1.01. The Morgan fingerprint density at radius 3 is 2.06 bits per heavy atom. The van der Waals surface area contributed by atoms with Crippen molar-refractivity contribution in [3.05, 3.63) is 65.7 Å². The van der Waals surface area contributed by atoms with E-state index in [0.29, 0.717) is 23.0 Å². The smallest absolute Gasteiger partial charge is 0.475 e. The van der Waals surface area contributed by atoms with Gasteiger partial charge in [0.15, 0.2) is 0 Å². The molecule has 0 amide bonds. The van der Waals surface area contributed by atoms with Crippen molar-refractivity contribution in [2.24, 2.45) is 0 Å². The van der Waals surface area contributed by atoms with E-state index in [1.54, 1.807) is 24.3 Å². The van der Waals surface area contributed by atoms with Gasteiger partial charge in [-0.1, -0.05) is 17.7 Å². The molecule has 9 nitrogen and oxygen atoms in total. The summed E-state index contributed by atoms with van der Waals surface area (Å²) in [6, 6.07) is 12.2. The molecule has 3 aromatic rings. The fourth-order valence-corrected chi connectivity index (χ4v) is 3.12. The van der Waals surface area contributed by atoms with E-state index in [0.717, 1.165) is 0 Å². The molecule has 0 radical (unpaired) electrons. The summed E-state index contributed by atoms with van der Waals surface area (Å²) in [5, 5.41) is 13.1. The van der Waals surface area contributed by atoms with Crippen molar-refractivity contribution in [2.45, 2.75) is 11.1 Å². The van der Waals surface area contributed by atoms with Crippen molar-refractivity contribution in [1.29, 1.82) is 0 Å². The minimum absolute atomic E-state index is 0.0296. The number of rotatable bonds is 6. The highest BCUT2D eigenvalue weighted by Crippen LogP contribution is 2.23. The highest BCUT2D eigenvalue weighted by Gasteiger charge is 2.38. The van der Waals surface area contributed by atoms with Gasteiger partial charge in [-0.2, -0.15) is 13.2 Å². The first kappa shape index (κ1) is 26.8. The lowest BCUT2D eigenvalue weighted by Crippen LogP contribution is -2.21. The molecule has 0 saturated carbocycles. The van der Waals surface area contributed by atoms with E-state index in [9.17, 15) is 26.0 Å². The topological polar surface area (TPSA) is 133 Å². The SMILES string of the molecule is CNS(=O)(=O)c1cccc(Nc2cc(Nc3ccc(Cl)c(F)c3)ncn2)c1.O=C(O)C(F)(F)F. The Morgan fingerprint density at radius 2 is 1.56 bits per heavy atom. The normalized spacial score (nSPS) is 11.2. The van der Waals surface area contributed by atoms with Gasteiger partial charge >= 0.3 is 12.1 Å². The second kappa shape index (κ2) is 11.1. The maximum atomic E-state index is 13.5. The number of hydrogen-bond donors (Lipinski definition) is 4. The highest BCUT2D eigenvalue weighted by molar-refractivity contribution is 7.89. The number of anilines is 4. The number of sulfonamides is 1. The monoisotopic (exact) mass is 521 g/mol. The third-order valence-electron chi connectivity index (χ3n) is 3.79. The number of alkyl halides is 3. The third-order valence-corrected chi connectivity index (χ3v) is 5.51. The van der Waals surface area contributed by atoms with Gasteiger partial charge in [-0.15, -0.1) is 0 Å². The predicted molar refractivity (Wildman–Crippen MR) is 116 cm³/mol. The van der Waals surface area contributed by atoms with Gasteiger partial charge in [0.25, 0.3) is 0 Å². The predicted octanol–water partition coefficient (Wildman–Crippen LogP) is 4.30. The summed E-state index contributed by atoms with van der Waals surface area (Å²) in [5.74, 6) is -2.45. The minimum atomic E-state index is -5.08.